The van der Waals surface area contributed by atoms with Crippen molar-refractivity contribution >= 4 is 11.8 Å². The number of thioether (sulfide) groups is 1. The summed E-state index contributed by atoms with van der Waals surface area (Å²) in [5.74, 6) is 1.78. The molecule has 1 atom stereocenters. The highest BCUT2D eigenvalue weighted by molar-refractivity contribution is 7.99. The van der Waals surface area contributed by atoms with Crippen molar-refractivity contribution in [3.05, 3.63) is 35.9 Å². The van der Waals surface area contributed by atoms with Crippen LogP contribution in [0.2, 0.25) is 0 Å². The zero-order valence-electron chi connectivity index (χ0n) is 8.23. The summed E-state index contributed by atoms with van der Waals surface area (Å²) < 4.78 is 0. The van der Waals surface area contributed by atoms with Crippen LogP contribution < -0.4 is 5.73 Å². The Hall–Kier alpha value is -0.510. The molecule has 1 aromatic rings. The molecule has 0 aliphatic heterocycles. The van der Waals surface area contributed by atoms with Gasteiger partial charge in [0.15, 0.2) is 0 Å². The van der Waals surface area contributed by atoms with Crippen LogP contribution in [0.15, 0.2) is 30.3 Å². The van der Waals surface area contributed by atoms with E-state index in [1.807, 2.05) is 30.3 Å². The van der Waals surface area contributed by atoms with Gasteiger partial charge in [-0.25, -0.2) is 0 Å². The first kappa shape index (κ1) is 11.6. The first-order valence-electron chi connectivity index (χ1n) is 4.85. The average Bonchev–Trinajstić information content (AvgIpc) is 2.25. The highest BCUT2D eigenvalue weighted by Gasteiger charge is 2.05. The van der Waals surface area contributed by atoms with Gasteiger partial charge in [-0.05, 0) is 24.3 Å². The van der Waals surface area contributed by atoms with Crippen LogP contribution in [-0.4, -0.2) is 23.2 Å². The molecule has 0 aromatic heterocycles. The van der Waals surface area contributed by atoms with E-state index < -0.39 is 0 Å². The van der Waals surface area contributed by atoms with Crippen molar-refractivity contribution in [2.75, 3.05) is 18.1 Å². The molecule has 0 fully saturated rings. The third-order valence-electron chi connectivity index (χ3n) is 1.95. The SMILES string of the molecule is NCCCSCC(O)c1ccccc1. The van der Waals surface area contributed by atoms with Gasteiger partial charge in [-0.2, -0.15) is 11.8 Å². The summed E-state index contributed by atoms with van der Waals surface area (Å²) in [4.78, 5) is 0. The number of rotatable bonds is 6. The second-order valence-electron chi connectivity index (χ2n) is 3.14. The largest absolute Gasteiger partial charge is 0.388 e. The van der Waals surface area contributed by atoms with E-state index in [9.17, 15) is 5.11 Å². The fraction of sp³-hybridized carbons (Fsp3) is 0.455. The molecular formula is C11H17NOS. The molecule has 78 valence electrons. The van der Waals surface area contributed by atoms with Crippen molar-refractivity contribution in [3.63, 3.8) is 0 Å². The number of hydrogen-bond donors (Lipinski definition) is 2. The van der Waals surface area contributed by atoms with Crippen LogP contribution >= 0.6 is 11.8 Å². The summed E-state index contributed by atoms with van der Waals surface area (Å²) in [6.07, 6.45) is 0.672. The molecule has 0 aliphatic rings. The Morgan fingerprint density at radius 2 is 2.00 bits per heavy atom. The van der Waals surface area contributed by atoms with E-state index in [1.165, 1.54) is 0 Å². The van der Waals surface area contributed by atoms with Crippen molar-refractivity contribution in [3.8, 4) is 0 Å². The molecule has 0 spiro atoms. The predicted octanol–water partition coefficient (Wildman–Crippen LogP) is 1.80. The first-order valence-corrected chi connectivity index (χ1v) is 6.01. The molecule has 3 heteroatoms. The summed E-state index contributed by atoms with van der Waals surface area (Å²) in [5.41, 5.74) is 6.37. The maximum absolute atomic E-state index is 9.77. The zero-order chi connectivity index (χ0) is 10.2. The minimum atomic E-state index is -0.348. The van der Waals surface area contributed by atoms with Crippen molar-refractivity contribution in [2.24, 2.45) is 5.73 Å². The van der Waals surface area contributed by atoms with E-state index in [0.29, 0.717) is 0 Å². The lowest BCUT2D eigenvalue weighted by atomic mass is 10.1. The fourth-order valence-electron chi connectivity index (χ4n) is 1.15. The summed E-state index contributed by atoms with van der Waals surface area (Å²) in [5, 5.41) is 9.77. The van der Waals surface area contributed by atoms with E-state index in [4.69, 9.17) is 5.73 Å². The molecule has 14 heavy (non-hydrogen) atoms. The Bertz CT molecular complexity index is 240. The fourth-order valence-corrected chi connectivity index (χ4v) is 2.10. The molecule has 1 aromatic carbocycles. The van der Waals surface area contributed by atoms with Crippen molar-refractivity contribution < 1.29 is 5.11 Å². The van der Waals surface area contributed by atoms with E-state index in [-0.39, 0.29) is 6.10 Å². The van der Waals surface area contributed by atoms with Gasteiger partial charge in [-0.15, -0.1) is 0 Å². The number of nitrogens with two attached hydrogens (primary N) is 1. The van der Waals surface area contributed by atoms with Crippen LogP contribution in [0.1, 0.15) is 18.1 Å². The van der Waals surface area contributed by atoms with E-state index in [1.54, 1.807) is 11.8 Å². The molecule has 0 bridgehead atoms. The molecule has 1 unspecified atom stereocenters. The smallest absolute Gasteiger partial charge is 0.0880 e. The monoisotopic (exact) mass is 211 g/mol. The third kappa shape index (κ3) is 4.13. The molecule has 3 N–H and O–H groups in total. The maximum atomic E-state index is 9.77. The van der Waals surface area contributed by atoms with Crippen LogP contribution in [-0.2, 0) is 0 Å². The Morgan fingerprint density at radius 3 is 2.64 bits per heavy atom. The highest BCUT2D eigenvalue weighted by atomic mass is 32.2. The van der Waals surface area contributed by atoms with Gasteiger partial charge in [0.05, 0.1) is 6.10 Å². The van der Waals surface area contributed by atoms with E-state index in [0.717, 1.165) is 30.0 Å². The molecule has 1 rings (SSSR count). The van der Waals surface area contributed by atoms with Crippen molar-refractivity contribution in [1.82, 2.24) is 0 Å². The second kappa shape index (κ2) is 6.87. The van der Waals surface area contributed by atoms with Gasteiger partial charge in [-0.1, -0.05) is 30.3 Å². The van der Waals surface area contributed by atoms with Crippen molar-refractivity contribution in [2.45, 2.75) is 12.5 Å². The van der Waals surface area contributed by atoms with Gasteiger partial charge in [0.25, 0.3) is 0 Å². The maximum Gasteiger partial charge on any atom is 0.0880 e. The zero-order valence-corrected chi connectivity index (χ0v) is 9.04. The minimum Gasteiger partial charge on any atom is -0.388 e. The lowest BCUT2D eigenvalue weighted by molar-refractivity contribution is 0.204. The Kier molecular flexibility index (Phi) is 5.68. The summed E-state index contributed by atoms with van der Waals surface area (Å²) in [6.45, 7) is 0.731. The minimum absolute atomic E-state index is 0.348. The molecular weight excluding hydrogens is 194 g/mol. The van der Waals surface area contributed by atoms with Gasteiger partial charge in [0.2, 0.25) is 0 Å². The normalized spacial score (nSPS) is 12.7. The number of aliphatic hydroxyl groups is 1. The average molecular weight is 211 g/mol. The number of hydrogen-bond acceptors (Lipinski definition) is 3. The van der Waals surface area contributed by atoms with Crippen LogP contribution in [0.3, 0.4) is 0 Å². The lowest BCUT2D eigenvalue weighted by Gasteiger charge is -2.09. The molecule has 0 radical (unpaired) electrons. The third-order valence-corrected chi connectivity index (χ3v) is 3.08. The molecule has 0 aliphatic carbocycles. The van der Waals surface area contributed by atoms with Crippen LogP contribution in [0.5, 0.6) is 0 Å². The van der Waals surface area contributed by atoms with Gasteiger partial charge in [0, 0.05) is 5.75 Å². The van der Waals surface area contributed by atoms with Crippen LogP contribution in [0.4, 0.5) is 0 Å². The van der Waals surface area contributed by atoms with E-state index in [2.05, 4.69) is 0 Å². The lowest BCUT2D eigenvalue weighted by Crippen LogP contribution is -2.03. The predicted molar refractivity (Wildman–Crippen MR) is 62.4 cm³/mol. The first-order chi connectivity index (χ1) is 6.84. The van der Waals surface area contributed by atoms with Gasteiger partial charge in [0.1, 0.15) is 0 Å². The summed E-state index contributed by atoms with van der Waals surface area (Å²) in [6, 6.07) is 9.76. The highest BCUT2D eigenvalue weighted by Crippen LogP contribution is 2.17. The molecule has 2 nitrogen and oxygen atoms in total. The molecule has 0 amide bonds. The Labute approximate surface area is 89.5 Å². The topological polar surface area (TPSA) is 46.2 Å². The molecule has 0 saturated carbocycles. The van der Waals surface area contributed by atoms with Crippen LogP contribution in [0, 0.1) is 0 Å². The molecule has 0 heterocycles. The Balaban J connectivity index is 2.25. The number of aliphatic hydroxyl groups excluding tert-OH is 1. The standard InChI is InChI=1S/C11H17NOS/c12-7-4-8-14-9-11(13)10-5-2-1-3-6-10/h1-3,5-6,11,13H,4,7-9,12H2. The summed E-state index contributed by atoms with van der Waals surface area (Å²) >= 11 is 1.75. The van der Waals surface area contributed by atoms with Gasteiger partial charge >= 0.3 is 0 Å². The quantitative estimate of drug-likeness (QED) is 0.705. The number of benzene rings is 1. The Morgan fingerprint density at radius 1 is 1.29 bits per heavy atom. The van der Waals surface area contributed by atoms with E-state index >= 15 is 0 Å². The summed E-state index contributed by atoms with van der Waals surface area (Å²) in [7, 11) is 0. The van der Waals surface area contributed by atoms with Gasteiger partial charge < -0.3 is 10.8 Å². The van der Waals surface area contributed by atoms with Crippen molar-refractivity contribution in [1.29, 1.82) is 0 Å². The molecule has 0 saturated heterocycles. The second-order valence-corrected chi connectivity index (χ2v) is 4.29. The van der Waals surface area contributed by atoms with Gasteiger partial charge in [-0.3, -0.25) is 0 Å². The van der Waals surface area contributed by atoms with Crippen LogP contribution in [0.25, 0.3) is 0 Å².